The highest BCUT2D eigenvalue weighted by molar-refractivity contribution is 7.21. The van der Waals surface area contributed by atoms with E-state index in [9.17, 15) is 9.59 Å². The number of benzene rings is 1. The number of urea groups is 1. The number of carbonyl (C=O) groups is 2. The Morgan fingerprint density at radius 3 is 2.91 bits per heavy atom. The molecular formula is C22H18N4O5S. The average Bonchev–Trinajstić information content (AvgIpc) is 3.42. The SMILES string of the molecule is CCOC(=O)c1sc2ncnc3c2c1NC(=O)N3c1ccc(OCc2ccco2)c(C)c1. The van der Waals surface area contributed by atoms with Gasteiger partial charge in [-0.15, -0.1) is 11.3 Å². The van der Waals surface area contributed by atoms with Crippen molar-refractivity contribution < 1.29 is 23.5 Å². The fourth-order valence-electron chi connectivity index (χ4n) is 3.52. The van der Waals surface area contributed by atoms with Crippen molar-refractivity contribution in [2.45, 2.75) is 20.5 Å². The highest BCUT2D eigenvalue weighted by atomic mass is 32.1. The maximum Gasteiger partial charge on any atom is 0.350 e. The summed E-state index contributed by atoms with van der Waals surface area (Å²) in [5.41, 5.74) is 1.84. The minimum absolute atomic E-state index is 0.235. The molecule has 1 aromatic carbocycles. The lowest BCUT2D eigenvalue weighted by molar-refractivity contribution is 0.0533. The number of hydrogen-bond acceptors (Lipinski definition) is 8. The fourth-order valence-corrected chi connectivity index (χ4v) is 4.51. The molecule has 1 aliphatic rings. The number of carbonyl (C=O) groups excluding carboxylic acids is 2. The third-order valence-electron chi connectivity index (χ3n) is 4.94. The Hall–Kier alpha value is -3.92. The maximum atomic E-state index is 13.1. The van der Waals surface area contributed by atoms with Gasteiger partial charge in [0.1, 0.15) is 34.2 Å². The van der Waals surface area contributed by atoms with Gasteiger partial charge in [0.05, 0.1) is 29.6 Å². The number of aromatic nitrogens is 2. The molecule has 0 atom stereocenters. The molecule has 0 bridgehead atoms. The van der Waals surface area contributed by atoms with Crippen LogP contribution in [-0.4, -0.2) is 28.6 Å². The molecule has 162 valence electrons. The van der Waals surface area contributed by atoms with Crippen LogP contribution in [0.15, 0.2) is 47.3 Å². The van der Waals surface area contributed by atoms with Crippen LogP contribution in [0.3, 0.4) is 0 Å². The first-order chi connectivity index (χ1) is 15.6. The van der Waals surface area contributed by atoms with Crippen LogP contribution < -0.4 is 15.0 Å². The van der Waals surface area contributed by atoms with E-state index < -0.39 is 12.0 Å². The number of thiophene rings is 1. The van der Waals surface area contributed by atoms with Crippen LogP contribution >= 0.6 is 11.3 Å². The summed E-state index contributed by atoms with van der Waals surface area (Å²) in [7, 11) is 0. The number of nitrogens with one attached hydrogen (secondary N) is 1. The van der Waals surface area contributed by atoms with Gasteiger partial charge in [0.25, 0.3) is 0 Å². The summed E-state index contributed by atoms with van der Waals surface area (Å²) in [5, 5.41) is 3.42. The Bertz CT molecular complexity index is 1330. The molecule has 32 heavy (non-hydrogen) atoms. The number of anilines is 3. The smallest absolute Gasteiger partial charge is 0.350 e. The molecule has 0 aliphatic carbocycles. The van der Waals surface area contributed by atoms with Gasteiger partial charge in [0, 0.05) is 0 Å². The summed E-state index contributed by atoms with van der Waals surface area (Å²) in [6, 6.07) is 8.64. The maximum absolute atomic E-state index is 13.1. The lowest BCUT2D eigenvalue weighted by atomic mass is 10.1. The fraction of sp³-hybridized carbons (Fsp3) is 0.182. The van der Waals surface area contributed by atoms with E-state index in [-0.39, 0.29) is 6.61 Å². The average molecular weight is 450 g/mol. The Labute approximate surface area is 186 Å². The van der Waals surface area contributed by atoms with Crippen molar-refractivity contribution in [2.24, 2.45) is 0 Å². The van der Waals surface area contributed by atoms with Crippen molar-refractivity contribution in [3.63, 3.8) is 0 Å². The Morgan fingerprint density at radius 1 is 1.28 bits per heavy atom. The Morgan fingerprint density at radius 2 is 2.16 bits per heavy atom. The van der Waals surface area contributed by atoms with Crippen LogP contribution in [0.2, 0.25) is 0 Å². The number of hydrogen-bond donors (Lipinski definition) is 1. The monoisotopic (exact) mass is 450 g/mol. The minimum Gasteiger partial charge on any atom is -0.485 e. The molecule has 1 aliphatic heterocycles. The van der Waals surface area contributed by atoms with E-state index in [1.807, 2.05) is 19.1 Å². The van der Waals surface area contributed by atoms with E-state index >= 15 is 0 Å². The van der Waals surface area contributed by atoms with Crippen molar-refractivity contribution in [3.05, 3.63) is 59.1 Å². The number of aryl methyl sites for hydroxylation is 1. The number of nitrogens with zero attached hydrogens (tertiary/aromatic N) is 3. The lowest BCUT2D eigenvalue weighted by Crippen LogP contribution is -2.35. The zero-order valence-corrected chi connectivity index (χ0v) is 18.1. The highest BCUT2D eigenvalue weighted by Gasteiger charge is 2.34. The van der Waals surface area contributed by atoms with Crippen molar-refractivity contribution >= 4 is 50.7 Å². The van der Waals surface area contributed by atoms with Gasteiger partial charge in [-0.05, 0) is 49.7 Å². The predicted octanol–water partition coefficient (Wildman–Crippen LogP) is 5.03. The molecule has 4 aromatic rings. The molecule has 0 radical (unpaired) electrons. The number of esters is 1. The first-order valence-electron chi connectivity index (χ1n) is 9.88. The van der Waals surface area contributed by atoms with E-state index in [4.69, 9.17) is 13.9 Å². The minimum atomic E-state index is -0.501. The van der Waals surface area contributed by atoms with Crippen molar-refractivity contribution in [1.29, 1.82) is 0 Å². The number of amides is 2. The van der Waals surface area contributed by atoms with E-state index in [0.717, 1.165) is 22.7 Å². The van der Waals surface area contributed by atoms with Gasteiger partial charge >= 0.3 is 12.0 Å². The first kappa shape index (κ1) is 20.0. The standard InChI is InChI=1S/C22H18N4O5S/c1-3-29-21(27)18-17-16-19(23-11-24-20(16)32-18)26(22(28)25-17)13-6-7-15(12(2)9-13)31-10-14-5-4-8-30-14/h4-9,11H,3,10H2,1-2H3,(H,25,28). The van der Waals surface area contributed by atoms with Crippen molar-refractivity contribution in [3.8, 4) is 5.75 Å². The normalized spacial score (nSPS) is 12.7. The predicted molar refractivity (Wildman–Crippen MR) is 119 cm³/mol. The zero-order chi connectivity index (χ0) is 22.2. The Kier molecular flexibility index (Phi) is 4.98. The topological polar surface area (TPSA) is 107 Å². The van der Waals surface area contributed by atoms with Gasteiger partial charge in [-0.3, -0.25) is 0 Å². The van der Waals surface area contributed by atoms with Gasteiger partial charge in [-0.1, -0.05) is 0 Å². The largest absolute Gasteiger partial charge is 0.485 e. The molecule has 9 nitrogen and oxygen atoms in total. The van der Waals surface area contributed by atoms with Crippen LogP contribution in [0, 0.1) is 6.92 Å². The van der Waals surface area contributed by atoms with E-state index in [2.05, 4.69) is 15.3 Å². The molecule has 0 fully saturated rings. The van der Waals surface area contributed by atoms with E-state index in [1.165, 1.54) is 11.2 Å². The van der Waals surface area contributed by atoms with Crippen molar-refractivity contribution in [1.82, 2.24) is 9.97 Å². The van der Waals surface area contributed by atoms with Crippen LogP contribution in [0.1, 0.15) is 27.9 Å². The van der Waals surface area contributed by atoms with Crippen LogP contribution in [0.4, 0.5) is 22.0 Å². The molecular weight excluding hydrogens is 432 g/mol. The molecule has 5 rings (SSSR count). The van der Waals surface area contributed by atoms with Gasteiger partial charge < -0.3 is 19.2 Å². The molecule has 2 amide bonds. The molecule has 0 unspecified atom stereocenters. The molecule has 4 heterocycles. The summed E-state index contributed by atoms with van der Waals surface area (Å²) < 4.78 is 16.3. The summed E-state index contributed by atoms with van der Waals surface area (Å²) >= 11 is 1.16. The van der Waals surface area contributed by atoms with Gasteiger partial charge in [0.15, 0.2) is 5.82 Å². The van der Waals surface area contributed by atoms with Crippen LogP contribution in [-0.2, 0) is 11.3 Å². The third-order valence-corrected chi connectivity index (χ3v) is 6.02. The van der Waals surface area contributed by atoms with Crippen LogP contribution in [0.25, 0.3) is 10.2 Å². The molecule has 10 heteroatoms. The van der Waals surface area contributed by atoms with Crippen molar-refractivity contribution in [2.75, 3.05) is 16.8 Å². The molecule has 1 N–H and O–H groups in total. The van der Waals surface area contributed by atoms with E-state index in [1.54, 1.807) is 31.4 Å². The van der Waals surface area contributed by atoms with Gasteiger partial charge in [-0.25, -0.2) is 24.5 Å². The molecule has 0 saturated carbocycles. The third kappa shape index (κ3) is 3.34. The van der Waals surface area contributed by atoms with Gasteiger partial charge in [-0.2, -0.15) is 0 Å². The molecule has 3 aromatic heterocycles. The summed E-state index contributed by atoms with van der Waals surface area (Å²) in [6.45, 7) is 4.16. The van der Waals surface area contributed by atoms with Crippen LogP contribution in [0.5, 0.6) is 5.75 Å². The number of ether oxygens (including phenoxy) is 2. The second-order valence-corrected chi connectivity index (χ2v) is 7.99. The zero-order valence-electron chi connectivity index (χ0n) is 17.2. The molecule has 0 spiro atoms. The van der Waals surface area contributed by atoms with E-state index in [0.29, 0.717) is 44.6 Å². The Balaban J connectivity index is 1.51. The lowest BCUT2D eigenvalue weighted by Gasteiger charge is -2.27. The first-order valence-corrected chi connectivity index (χ1v) is 10.7. The number of rotatable bonds is 6. The summed E-state index contributed by atoms with van der Waals surface area (Å²) in [5.74, 6) is 1.30. The summed E-state index contributed by atoms with van der Waals surface area (Å²) in [6.07, 6.45) is 2.98. The van der Waals surface area contributed by atoms with Gasteiger partial charge in [0.2, 0.25) is 0 Å². The molecule has 0 saturated heterocycles. The second-order valence-electron chi connectivity index (χ2n) is 6.99. The second kappa shape index (κ2) is 7.97. The highest BCUT2D eigenvalue weighted by Crippen LogP contribution is 2.45. The number of furan rings is 1. The quantitative estimate of drug-likeness (QED) is 0.411. The summed E-state index contributed by atoms with van der Waals surface area (Å²) in [4.78, 5) is 36.4.